The molecule has 1 saturated heterocycles. The van der Waals surface area contributed by atoms with Gasteiger partial charge in [-0.25, -0.2) is 9.97 Å². The van der Waals surface area contributed by atoms with Crippen LogP contribution in [0.4, 0.5) is 5.82 Å². The highest BCUT2D eigenvalue weighted by Gasteiger charge is 2.37. The van der Waals surface area contributed by atoms with E-state index in [4.69, 9.17) is 20.2 Å². The molecule has 1 aliphatic heterocycles. The van der Waals surface area contributed by atoms with E-state index < -0.39 is 0 Å². The Balaban J connectivity index is 1.46. The van der Waals surface area contributed by atoms with Gasteiger partial charge >= 0.3 is 0 Å². The van der Waals surface area contributed by atoms with E-state index >= 15 is 0 Å². The van der Waals surface area contributed by atoms with Gasteiger partial charge in [0.25, 0.3) is 0 Å². The van der Waals surface area contributed by atoms with Gasteiger partial charge < -0.3 is 25.1 Å². The molecule has 1 fully saturated rings. The van der Waals surface area contributed by atoms with Crippen LogP contribution in [-0.2, 0) is 14.3 Å². The highest BCUT2D eigenvalue weighted by molar-refractivity contribution is 6.00. The van der Waals surface area contributed by atoms with Crippen molar-refractivity contribution in [1.29, 1.82) is 0 Å². The van der Waals surface area contributed by atoms with Gasteiger partial charge in [-0.15, -0.1) is 0 Å². The van der Waals surface area contributed by atoms with Crippen LogP contribution in [0.25, 0.3) is 28.3 Å². The van der Waals surface area contributed by atoms with E-state index in [-0.39, 0.29) is 42.1 Å². The zero-order chi connectivity index (χ0) is 28.4. The number of nitrogens with zero attached hydrogens (tertiary/aromatic N) is 6. The summed E-state index contributed by atoms with van der Waals surface area (Å²) >= 11 is 0. The van der Waals surface area contributed by atoms with Crippen molar-refractivity contribution in [2.24, 2.45) is 0 Å². The maximum absolute atomic E-state index is 12.9. The number of nitrogen functional groups attached to an aromatic ring is 1. The van der Waals surface area contributed by atoms with E-state index in [0.717, 1.165) is 11.1 Å². The molecule has 3 atom stereocenters. The number of hydrogen-bond acceptors (Lipinski definition) is 9. The van der Waals surface area contributed by atoms with Gasteiger partial charge in [0.15, 0.2) is 17.3 Å². The number of nitrogens with two attached hydrogens (primary N) is 1. The van der Waals surface area contributed by atoms with Gasteiger partial charge in [-0.2, -0.15) is 9.61 Å². The lowest BCUT2D eigenvalue weighted by atomic mass is 9.82. The van der Waals surface area contributed by atoms with Gasteiger partial charge in [0.05, 0.1) is 30.7 Å². The van der Waals surface area contributed by atoms with Crippen molar-refractivity contribution < 1.29 is 19.1 Å². The Labute approximate surface area is 231 Å². The first-order valence-corrected chi connectivity index (χ1v) is 13.3. The second-order valence-corrected chi connectivity index (χ2v) is 10.2. The van der Waals surface area contributed by atoms with Crippen LogP contribution in [0, 0.1) is 0 Å². The number of Topliss-reactive ketones (excluding diaryl/α,β-unsaturated/α-hetero) is 1. The molecule has 0 spiro atoms. The number of rotatable bonds is 9. The molecule has 1 amide bonds. The normalized spacial score (nSPS) is 19.3. The van der Waals surface area contributed by atoms with Gasteiger partial charge in [-0.1, -0.05) is 6.07 Å². The first kappa shape index (κ1) is 27.4. The molecule has 4 aromatic rings. The molecule has 0 aliphatic carbocycles. The monoisotopic (exact) mass is 546 g/mol. The van der Waals surface area contributed by atoms with Crippen LogP contribution in [0.5, 0.6) is 0 Å². The molecular weight excluding hydrogens is 512 g/mol. The van der Waals surface area contributed by atoms with Gasteiger partial charge in [-0.05, 0) is 39.7 Å². The lowest BCUT2D eigenvalue weighted by Gasteiger charge is -2.42. The number of H-pyrrole nitrogens is 1. The smallest absolute Gasteiger partial charge is 0.249 e. The number of carbonyl (C=O) groups excluding carboxylic acids is 2. The maximum Gasteiger partial charge on any atom is 0.249 e. The quantitative estimate of drug-likeness (QED) is 0.238. The molecule has 0 bridgehead atoms. The predicted molar refractivity (Wildman–Crippen MR) is 149 cm³/mol. The van der Waals surface area contributed by atoms with Crippen molar-refractivity contribution >= 4 is 23.2 Å². The van der Waals surface area contributed by atoms with Crippen molar-refractivity contribution in [3.8, 4) is 22.6 Å². The molecule has 1 aliphatic rings. The second-order valence-electron chi connectivity index (χ2n) is 10.2. The van der Waals surface area contributed by atoms with Crippen LogP contribution in [0.15, 0.2) is 36.9 Å². The summed E-state index contributed by atoms with van der Waals surface area (Å²) < 4.78 is 12.0. The molecule has 5 heterocycles. The molecule has 5 rings (SSSR count). The summed E-state index contributed by atoms with van der Waals surface area (Å²) in [6.45, 7) is 6.33. The Morgan fingerprint density at radius 2 is 1.90 bits per heavy atom. The summed E-state index contributed by atoms with van der Waals surface area (Å²) in [4.78, 5) is 44.5. The summed E-state index contributed by atoms with van der Waals surface area (Å²) in [6.07, 6.45) is 8.13. The van der Waals surface area contributed by atoms with Crippen LogP contribution in [0.3, 0.4) is 0 Å². The van der Waals surface area contributed by atoms with E-state index in [1.165, 1.54) is 11.4 Å². The number of nitrogens with one attached hydrogen (secondary N) is 1. The summed E-state index contributed by atoms with van der Waals surface area (Å²) in [5, 5.41) is 4.46. The van der Waals surface area contributed by atoms with E-state index in [1.54, 1.807) is 31.9 Å². The third-order valence-corrected chi connectivity index (χ3v) is 7.41. The number of aromatic nitrogens is 6. The Bertz CT molecular complexity index is 1490. The van der Waals surface area contributed by atoms with Crippen LogP contribution < -0.4 is 5.73 Å². The molecule has 12 nitrogen and oxygen atoms in total. The van der Waals surface area contributed by atoms with Gasteiger partial charge in [0.1, 0.15) is 18.1 Å². The Morgan fingerprint density at radius 3 is 2.52 bits per heavy atom. The third-order valence-electron chi connectivity index (χ3n) is 7.41. The second kappa shape index (κ2) is 11.5. The number of imidazole rings is 1. The standard InChI is InChI=1S/C28H34N8O4/c1-16-11-20(12-17(2)35(16)23(38)15-40-10-9-39-4)25-24(18(3)37)26(29)36-28(34-25)21(14-33-36)19-5-6-22(32-13-19)27-30-7-8-31-27/h5-8,13-14,16-17,20H,9-12,15,29H2,1-4H3,(H,30,31)/t16-,17?,20?/m0/s1. The number of ether oxygens (including phenoxy) is 2. The highest BCUT2D eigenvalue weighted by Crippen LogP contribution is 2.38. The average molecular weight is 547 g/mol. The fourth-order valence-electron chi connectivity index (χ4n) is 5.66. The molecule has 4 aromatic heterocycles. The van der Waals surface area contributed by atoms with Gasteiger partial charge in [0.2, 0.25) is 5.91 Å². The van der Waals surface area contributed by atoms with Crippen molar-refractivity contribution in [3.63, 3.8) is 0 Å². The minimum atomic E-state index is -0.172. The maximum atomic E-state index is 12.9. The molecule has 2 unspecified atom stereocenters. The van der Waals surface area contributed by atoms with E-state index in [1.807, 2.05) is 30.9 Å². The Hall–Kier alpha value is -4.16. The Morgan fingerprint density at radius 1 is 1.12 bits per heavy atom. The largest absolute Gasteiger partial charge is 0.383 e. The van der Waals surface area contributed by atoms with Crippen LogP contribution >= 0.6 is 0 Å². The first-order valence-electron chi connectivity index (χ1n) is 13.3. The summed E-state index contributed by atoms with van der Waals surface area (Å²) in [7, 11) is 1.59. The average Bonchev–Trinajstić information content (AvgIpc) is 3.61. The lowest BCUT2D eigenvalue weighted by Crippen LogP contribution is -2.51. The van der Waals surface area contributed by atoms with Crippen molar-refractivity contribution in [3.05, 3.63) is 48.2 Å². The third kappa shape index (κ3) is 5.19. The van der Waals surface area contributed by atoms with Crippen LogP contribution in [0.1, 0.15) is 55.6 Å². The number of anilines is 1. The SMILES string of the molecule is COCCOCC(=O)N1C(C)CC(c2nc3c(-c4ccc(-c5ncc[nH]5)nc4)cnn3c(N)c2C(C)=O)C[C@@H]1C. The fraction of sp³-hybridized carbons (Fsp3) is 0.429. The summed E-state index contributed by atoms with van der Waals surface area (Å²) in [5.41, 5.74) is 10.4. The number of amides is 1. The summed E-state index contributed by atoms with van der Waals surface area (Å²) in [5.74, 6) is 0.625. The number of ketones is 1. The number of pyridine rings is 1. The molecule has 0 saturated carbocycles. The van der Waals surface area contributed by atoms with Gasteiger partial charge in [0, 0.05) is 54.8 Å². The summed E-state index contributed by atoms with van der Waals surface area (Å²) in [6, 6.07) is 3.66. The van der Waals surface area contributed by atoms with Crippen LogP contribution in [-0.4, -0.2) is 85.2 Å². The van der Waals surface area contributed by atoms with E-state index in [9.17, 15) is 9.59 Å². The number of piperidine rings is 1. The fourth-order valence-corrected chi connectivity index (χ4v) is 5.66. The number of hydrogen-bond donors (Lipinski definition) is 2. The molecule has 0 radical (unpaired) electrons. The molecule has 3 N–H and O–H groups in total. The molecular formula is C28H34N8O4. The topological polar surface area (TPSA) is 154 Å². The number of likely N-dealkylation sites (tertiary alicyclic amines) is 1. The number of carbonyl (C=O) groups is 2. The zero-order valence-corrected chi connectivity index (χ0v) is 23.1. The lowest BCUT2D eigenvalue weighted by molar-refractivity contribution is -0.143. The number of methoxy groups -OCH3 is 1. The molecule has 12 heteroatoms. The predicted octanol–water partition coefficient (Wildman–Crippen LogP) is 3.11. The minimum Gasteiger partial charge on any atom is -0.383 e. The number of aromatic amines is 1. The highest BCUT2D eigenvalue weighted by atomic mass is 16.5. The Kier molecular flexibility index (Phi) is 7.90. The molecule has 210 valence electrons. The van der Waals surface area contributed by atoms with Crippen LogP contribution in [0.2, 0.25) is 0 Å². The van der Waals surface area contributed by atoms with Crippen molar-refractivity contribution in [1.82, 2.24) is 34.4 Å². The van der Waals surface area contributed by atoms with Crippen molar-refractivity contribution in [2.45, 2.75) is 51.6 Å². The van der Waals surface area contributed by atoms with E-state index in [0.29, 0.717) is 54.5 Å². The van der Waals surface area contributed by atoms with E-state index in [2.05, 4.69) is 20.1 Å². The molecule has 0 aromatic carbocycles. The van der Waals surface area contributed by atoms with Gasteiger partial charge in [-0.3, -0.25) is 14.6 Å². The minimum absolute atomic E-state index is 0.00446. The first-order chi connectivity index (χ1) is 19.3. The van der Waals surface area contributed by atoms with Crippen molar-refractivity contribution in [2.75, 3.05) is 32.7 Å². The zero-order valence-electron chi connectivity index (χ0n) is 23.1. The molecule has 40 heavy (non-hydrogen) atoms. The number of fused-ring (bicyclic) bond motifs is 1.